The van der Waals surface area contributed by atoms with Crippen molar-refractivity contribution in [3.05, 3.63) is 45.9 Å². The maximum atomic E-state index is 13.4. The first-order valence-corrected chi connectivity index (χ1v) is 10.8. The van der Waals surface area contributed by atoms with Gasteiger partial charge in [-0.1, -0.05) is 6.07 Å². The Hall–Kier alpha value is -2.55. The number of carbonyl (C=O) groups excluding carboxylic acids is 2. The number of halogens is 3. The Morgan fingerprint density at radius 1 is 1.23 bits per heavy atom. The van der Waals surface area contributed by atoms with Gasteiger partial charge in [-0.2, -0.15) is 13.2 Å². The minimum absolute atomic E-state index is 0.162. The van der Waals surface area contributed by atoms with Crippen LogP contribution >= 0.6 is 11.3 Å². The normalized spacial score (nSPS) is 14.2. The lowest BCUT2D eigenvalue weighted by atomic mass is 9.99. The number of carbonyl (C=O) groups is 2. The van der Waals surface area contributed by atoms with Gasteiger partial charge in [0.1, 0.15) is 5.01 Å². The van der Waals surface area contributed by atoms with Crippen molar-refractivity contribution < 1.29 is 36.3 Å². The van der Waals surface area contributed by atoms with Crippen LogP contribution in [0.25, 0.3) is 0 Å². The summed E-state index contributed by atoms with van der Waals surface area (Å²) in [5.74, 6) is -2.30. The SMILES string of the molecule is Cc1csc(C(O)(CC(=O)NNC(=O)c2cccc(S(=O)(=O)N(C)C)c2)C(F)(F)F)n1. The average molecular weight is 480 g/mol. The van der Waals surface area contributed by atoms with Crippen molar-refractivity contribution in [2.24, 2.45) is 0 Å². The molecule has 0 bridgehead atoms. The third-order valence-corrected chi connectivity index (χ3v) is 6.97. The van der Waals surface area contributed by atoms with E-state index in [0.29, 0.717) is 11.3 Å². The molecule has 1 aromatic heterocycles. The van der Waals surface area contributed by atoms with E-state index >= 15 is 0 Å². The summed E-state index contributed by atoms with van der Waals surface area (Å²) < 4.78 is 65.5. The van der Waals surface area contributed by atoms with Crippen molar-refractivity contribution in [2.45, 2.75) is 30.0 Å². The van der Waals surface area contributed by atoms with Gasteiger partial charge < -0.3 is 5.11 Å². The molecule has 0 fully saturated rings. The highest BCUT2D eigenvalue weighted by Crippen LogP contribution is 2.42. The quantitative estimate of drug-likeness (QED) is 0.535. The molecule has 2 aromatic rings. The number of rotatable bonds is 6. The fourth-order valence-corrected chi connectivity index (χ4v) is 4.19. The molecule has 0 aliphatic carbocycles. The lowest BCUT2D eigenvalue weighted by Crippen LogP contribution is -2.49. The molecule has 9 nitrogen and oxygen atoms in total. The van der Waals surface area contributed by atoms with Crippen molar-refractivity contribution in [3.8, 4) is 0 Å². The monoisotopic (exact) mass is 480 g/mol. The molecule has 1 unspecified atom stereocenters. The number of amides is 2. The number of nitrogens with one attached hydrogen (secondary N) is 2. The maximum Gasteiger partial charge on any atom is 0.424 e. The number of alkyl halides is 3. The Morgan fingerprint density at radius 2 is 1.87 bits per heavy atom. The number of hydrogen-bond donors (Lipinski definition) is 3. The van der Waals surface area contributed by atoms with E-state index in [0.717, 1.165) is 10.4 Å². The lowest BCUT2D eigenvalue weighted by molar-refractivity contribution is -0.267. The van der Waals surface area contributed by atoms with Crippen LogP contribution in [-0.4, -0.2) is 54.9 Å². The van der Waals surface area contributed by atoms with Gasteiger partial charge in [0.25, 0.3) is 5.91 Å². The topological polar surface area (TPSA) is 129 Å². The van der Waals surface area contributed by atoms with Crippen LogP contribution < -0.4 is 10.9 Å². The second-order valence-corrected chi connectivity index (χ2v) is 9.66. The molecule has 0 saturated heterocycles. The Labute approximate surface area is 179 Å². The van der Waals surface area contributed by atoms with Gasteiger partial charge in [0, 0.05) is 30.7 Å². The predicted octanol–water partition coefficient (Wildman–Crippen LogP) is 1.30. The molecule has 2 amide bonds. The van der Waals surface area contributed by atoms with E-state index in [1.807, 2.05) is 5.43 Å². The van der Waals surface area contributed by atoms with Gasteiger partial charge in [0.2, 0.25) is 21.5 Å². The van der Waals surface area contributed by atoms with E-state index in [1.54, 1.807) is 5.43 Å². The second kappa shape index (κ2) is 8.90. The van der Waals surface area contributed by atoms with Gasteiger partial charge in [-0.15, -0.1) is 11.3 Å². The van der Waals surface area contributed by atoms with E-state index in [1.165, 1.54) is 44.6 Å². The molecule has 1 aromatic carbocycles. The molecule has 31 heavy (non-hydrogen) atoms. The zero-order chi connectivity index (χ0) is 23.6. The molecule has 170 valence electrons. The summed E-state index contributed by atoms with van der Waals surface area (Å²) in [6.45, 7) is 1.43. The van der Waals surface area contributed by atoms with Crippen molar-refractivity contribution in [2.75, 3.05) is 14.1 Å². The highest BCUT2D eigenvalue weighted by Gasteiger charge is 2.58. The number of nitrogens with zero attached hydrogens (tertiary/aromatic N) is 2. The summed E-state index contributed by atoms with van der Waals surface area (Å²) >= 11 is 0.543. The fraction of sp³-hybridized carbons (Fsp3) is 0.353. The minimum atomic E-state index is -5.20. The number of hydrazine groups is 1. The predicted molar refractivity (Wildman–Crippen MR) is 104 cm³/mol. The van der Waals surface area contributed by atoms with Crippen molar-refractivity contribution in [3.63, 3.8) is 0 Å². The fourth-order valence-electron chi connectivity index (χ4n) is 2.32. The van der Waals surface area contributed by atoms with E-state index in [-0.39, 0.29) is 16.2 Å². The lowest BCUT2D eigenvalue weighted by Gasteiger charge is -2.27. The molecule has 2 rings (SSSR count). The number of aliphatic hydroxyl groups is 1. The van der Waals surface area contributed by atoms with Crippen LogP contribution in [0.3, 0.4) is 0 Å². The summed E-state index contributed by atoms with van der Waals surface area (Å²) in [5, 5.41) is 10.7. The van der Waals surface area contributed by atoms with Crippen molar-refractivity contribution in [1.82, 2.24) is 20.1 Å². The first kappa shape index (κ1) is 24.7. The summed E-state index contributed by atoms with van der Waals surface area (Å²) in [6, 6.07) is 4.84. The number of benzene rings is 1. The highest BCUT2D eigenvalue weighted by molar-refractivity contribution is 7.89. The zero-order valence-corrected chi connectivity index (χ0v) is 18.2. The Morgan fingerprint density at radius 3 is 2.39 bits per heavy atom. The number of thiazole rings is 1. The first-order chi connectivity index (χ1) is 14.2. The van der Waals surface area contributed by atoms with Crippen LogP contribution in [0.5, 0.6) is 0 Å². The molecule has 0 spiro atoms. The summed E-state index contributed by atoms with van der Waals surface area (Å²) in [4.78, 5) is 27.6. The van der Waals surface area contributed by atoms with Crippen molar-refractivity contribution >= 4 is 33.2 Å². The van der Waals surface area contributed by atoms with Gasteiger partial charge in [0.15, 0.2) is 0 Å². The first-order valence-electron chi connectivity index (χ1n) is 8.52. The molecular formula is C17H19F3N4O5S2. The van der Waals surface area contributed by atoms with Gasteiger partial charge in [0.05, 0.1) is 11.3 Å². The maximum absolute atomic E-state index is 13.4. The molecular weight excluding hydrogens is 461 g/mol. The van der Waals surface area contributed by atoms with Crippen LogP contribution in [-0.2, 0) is 20.4 Å². The zero-order valence-electron chi connectivity index (χ0n) is 16.5. The Kier molecular flexibility index (Phi) is 7.10. The molecule has 1 heterocycles. The number of aromatic nitrogens is 1. The van der Waals surface area contributed by atoms with Crippen LogP contribution in [0.15, 0.2) is 34.5 Å². The number of hydrogen-bond acceptors (Lipinski definition) is 7. The van der Waals surface area contributed by atoms with E-state index in [4.69, 9.17) is 0 Å². The summed E-state index contributed by atoms with van der Waals surface area (Å²) in [7, 11) is -1.23. The Bertz CT molecular complexity index is 1090. The number of aryl methyl sites for hydroxylation is 1. The van der Waals surface area contributed by atoms with E-state index in [9.17, 15) is 36.3 Å². The molecule has 1 atom stereocenters. The average Bonchev–Trinajstić information content (AvgIpc) is 3.12. The summed E-state index contributed by atoms with van der Waals surface area (Å²) in [6.07, 6.45) is -6.65. The second-order valence-electron chi connectivity index (χ2n) is 6.65. The molecule has 0 radical (unpaired) electrons. The van der Waals surface area contributed by atoms with Crippen molar-refractivity contribution in [1.29, 1.82) is 0 Å². The molecule has 3 N–H and O–H groups in total. The standard InChI is InChI=1S/C17H19F3N4O5S2/c1-10-9-30-15(21-10)16(27,17(18,19)20)8-13(25)22-23-14(26)11-5-4-6-12(7-11)31(28,29)24(2)3/h4-7,9,27H,8H2,1-3H3,(H,22,25)(H,23,26). The largest absolute Gasteiger partial charge is 0.424 e. The molecule has 0 aliphatic heterocycles. The van der Waals surface area contributed by atoms with Gasteiger partial charge in [-0.05, 0) is 25.1 Å². The Balaban J connectivity index is 2.13. The third kappa shape index (κ3) is 5.39. The van der Waals surface area contributed by atoms with Gasteiger partial charge >= 0.3 is 6.18 Å². The third-order valence-electron chi connectivity index (χ3n) is 4.05. The highest BCUT2D eigenvalue weighted by atomic mass is 32.2. The van der Waals surface area contributed by atoms with Gasteiger partial charge in [-0.3, -0.25) is 20.4 Å². The number of sulfonamides is 1. The smallest absolute Gasteiger partial charge is 0.374 e. The van der Waals surface area contributed by atoms with E-state index < -0.39 is 45.0 Å². The van der Waals surface area contributed by atoms with E-state index in [2.05, 4.69) is 4.98 Å². The van der Waals surface area contributed by atoms with Crippen LogP contribution in [0, 0.1) is 6.92 Å². The molecule has 14 heteroatoms. The molecule has 0 saturated carbocycles. The van der Waals surface area contributed by atoms with Crippen LogP contribution in [0.4, 0.5) is 13.2 Å². The van der Waals surface area contributed by atoms with Gasteiger partial charge in [-0.25, -0.2) is 17.7 Å². The van der Waals surface area contributed by atoms with Crippen LogP contribution in [0.1, 0.15) is 27.5 Å². The minimum Gasteiger partial charge on any atom is -0.374 e. The molecule has 0 aliphatic rings. The summed E-state index contributed by atoms with van der Waals surface area (Å²) in [5.41, 5.74) is 0.216. The van der Waals surface area contributed by atoms with Crippen LogP contribution in [0.2, 0.25) is 0 Å².